The summed E-state index contributed by atoms with van der Waals surface area (Å²) in [7, 11) is 0. The molecular formula is C26H30Br2N2O3. The smallest absolute Gasteiger partial charge is 0.176 e. The highest BCUT2D eigenvalue weighted by Crippen LogP contribution is 2.10. The first kappa shape index (κ1) is 27.3. The lowest BCUT2D eigenvalue weighted by molar-refractivity contribution is -0.697. The van der Waals surface area contributed by atoms with Gasteiger partial charge in [0.05, 0.1) is 26.4 Å². The molecule has 2 aromatic carbocycles. The number of hydrogen-bond acceptors (Lipinski definition) is 3. The van der Waals surface area contributed by atoms with Crippen LogP contribution in [0.15, 0.2) is 85.5 Å². The molecule has 0 bridgehead atoms. The summed E-state index contributed by atoms with van der Waals surface area (Å²) >= 11 is 0. The van der Waals surface area contributed by atoms with Gasteiger partial charge in [0.1, 0.15) is 13.2 Å². The van der Waals surface area contributed by atoms with Crippen molar-refractivity contribution in [2.24, 2.45) is 0 Å². The second-order valence-electron chi connectivity index (χ2n) is 7.46. The van der Waals surface area contributed by atoms with Crippen LogP contribution in [0.2, 0.25) is 0 Å². The van der Waals surface area contributed by atoms with Crippen LogP contribution in [-0.2, 0) is 27.3 Å². The fourth-order valence-corrected chi connectivity index (χ4v) is 3.52. The normalized spacial score (nSPS) is 10.7. The summed E-state index contributed by atoms with van der Waals surface area (Å²) in [5, 5.41) is 5.00. The Morgan fingerprint density at radius 1 is 0.455 bits per heavy atom. The average molecular weight is 578 g/mol. The summed E-state index contributed by atoms with van der Waals surface area (Å²) in [6.07, 6.45) is 8.50. The number of halogens is 2. The summed E-state index contributed by atoms with van der Waals surface area (Å²) in [4.78, 5) is 0. The van der Waals surface area contributed by atoms with Gasteiger partial charge in [0.15, 0.2) is 37.9 Å². The van der Waals surface area contributed by atoms with Gasteiger partial charge in [-0.15, -0.1) is 0 Å². The second kappa shape index (κ2) is 15.1. The van der Waals surface area contributed by atoms with E-state index in [1.54, 1.807) is 0 Å². The Balaban J connectivity index is 0.00000193. The largest absolute Gasteiger partial charge is 1.00 e. The van der Waals surface area contributed by atoms with Crippen molar-refractivity contribution in [3.05, 3.63) is 85.5 Å². The van der Waals surface area contributed by atoms with E-state index in [0.717, 1.165) is 13.1 Å². The van der Waals surface area contributed by atoms with Crippen molar-refractivity contribution < 1.29 is 57.3 Å². The quantitative estimate of drug-likeness (QED) is 0.136. The lowest BCUT2D eigenvalue weighted by atomic mass is 10.2. The number of nitrogens with zero attached hydrogens (tertiary/aromatic N) is 2. The number of fused-ring (bicyclic) bond motifs is 2. The Morgan fingerprint density at radius 3 is 1.24 bits per heavy atom. The third-order valence-electron chi connectivity index (χ3n) is 5.22. The highest BCUT2D eigenvalue weighted by Gasteiger charge is 2.04. The molecule has 0 aliphatic carbocycles. The molecule has 7 heteroatoms. The summed E-state index contributed by atoms with van der Waals surface area (Å²) in [5.74, 6) is 0. The topological polar surface area (TPSA) is 35.5 Å². The summed E-state index contributed by atoms with van der Waals surface area (Å²) < 4.78 is 21.3. The monoisotopic (exact) mass is 576 g/mol. The number of pyridine rings is 2. The first-order valence-electron chi connectivity index (χ1n) is 10.9. The van der Waals surface area contributed by atoms with Crippen LogP contribution in [0.5, 0.6) is 0 Å². The van der Waals surface area contributed by atoms with Gasteiger partial charge in [-0.25, -0.2) is 9.13 Å². The fraction of sp³-hybridized carbons (Fsp3) is 0.308. The molecule has 0 N–H and O–H groups in total. The number of benzene rings is 2. The summed E-state index contributed by atoms with van der Waals surface area (Å²) in [6.45, 7) is 5.39. The molecule has 33 heavy (non-hydrogen) atoms. The molecular weight excluding hydrogens is 548 g/mol. The van der Waals surface area contributed by atoms with Crippen molar-refractivity contribution in [2.75, 3.05) is 39.6 Å². The van der Waals surface area contributed by atoms with E-state index in [4.69, 9.17) is 14.2 Å². The van der Waals surface area contributed by atoms with E-state index in [1.165, 1.54) is 21.5 Å². The minimum Gasteiger partial charge on any atom is -1.00 e. The molecule has 176 valence electrons. The van der Waals surface area contributed by atoms with Gasteiger partial charge in [-0.05, 0) is 22.9 Å². The minimum atomic E-state index is 0. The van der Waals surface area contributed by atoms with Crippen molar-refractivity contribution in [3.63, 3.8) is 0 Å². The number of aromatic nitrogens is 2. The number of rotatable bonds is 12. The minimum absolute atomic E-state index is 0. The maximum atomic E-state index is 5.68. The van der Waals surface area contributed by atoms with Gasteiger partial charge >= 0.3 is 0 Å². The third kappa shape index (κ3) is 8.76. The van der Waals surface area contributed by atoms with Crippen LogP contribution in [-0.4, -0.2) is 39.6 Å². The van der Waals surface area contributed by atoms with Crippen molar-refractivity contribution in [2.45, 2.75) is 13.1 Å². The lowest BCUT2D eigenvalue weighted by Gasteiger charge is -2.06. The van der Waals surface area contributed by atoms with Crippen molar-refractivity contribution in [3.8, 4) is 0 Å². The zero-order valence-electron chi connectivity index (χ0n) is 18.6. The lowest BCUT2D eigenvalue weighted by Crippen LogP contribution is -3.00. The van der Waals surface area contributed by atoms with Gasteiger partial charge in [0.25, 0.3) is 0 Å². The van der Waals surface area contributed by atoms with Gasteiger partial charge < -0.3 is 48.2 Å². The van der Waals surface area contributed by atoms with Gasteiger partial charge in [0, 0.05) is 22.9 Å². The van der Waals surface area contributed by atoms with Crippen LogP contribution in [0.3, 0.4) is 0 Å². The first-order valence-corrected chi connectivity index (χ1v) is 10.9. The molecule has 0 saturated heterocycles. The highest BCUT2D eigenvalue weighted by atomic mass is 79.9. The van der Waals surface area contributed by atoms with Crippen molar-refractivity contribution in [1.29, 1.82) is 0 Å². The summed E-state index contributed by atoms with van der Waals surface area (Å²) in [5.41, 5.74) is 0. The molecule has 5 nitrogen and oxygen atoms in total. The van der Waals surface area contributed by atoms with Gasteiger partial charge in [-0.2, -0.15) is 0 Å². The molecule has 2 heterocycles. The Hall–Kier alpha value is -1.90. The summed E-state index contributed by atoms with van der Waals surface area (Å²) in [6, 6.07) is 21.0. The standard InChI is InChI=1S/C26H30N2O3.2BrH/c1-3-7-25-21-27(11-9-23(25)5-1)13-15-29-17-19-31-20-18-30-16-14-28-12-10-24-6-2-4-8-26(24)22-28;;/h1-12,21-22H,13-20H2;2*1H/q+2;;/p-2. The zero-order valence-corrected chi connectivity index (χ0v) is 21.8. The predicted octanol–water partition coefficient (Wildman–Crippen LogP) is -2.67. The van der Waals surface area contributed by atoms with E-state index in [1.807, 2.05) is 0 Å². The van der Waals surface area contributed by atoms with Crippen LogP contribution in [0.25, 0.3) is 21.5 Å². The Labute approximate surface area is 216 Å². The molecule has 0 amide bonds. The van der Waals surface area contributed by atoms with E-state index >= 15 is 0 Å². The molecule has 0 saturated carbocycles. The fourth-order valence-electron chi connectivity index (χ4n) is 3.52. The number of ether oxygens (including phenoxy) is 3. The zero-order chi connectivity index (χ0) is 21.1. The van der Waals surface area contributed by atoms with E-state index in [0.29, 0.717) is 39.6 Å². The second-order valence-corrected chi connectivity index (χ2v) is 7.46. The molecule has 0 fully saturated rings. The highest BCUT2D eigenvalue weighted by molar-refractivity contribution is 5.80. The van der Waals surface area contributed by atoms with Gasteiger partial charge in [-0.1, -0.05) is 36.4 Å². The van der Waals surface area contributed by atoms with E-state index < -0.39 is 0 Å². The van der Waals surface area contributed by atoms with Gasteiger partial charge in [-0.3, -0.25) is 0 Å². The van der Waals surface area contributed by atoms with Crippen molar-refractivity contribution >= 4 is 21.5 Å². The van der Waals surface area contributed by atoms with Crippen LogP contribution < -0.4 is 43.1 Å². The number of hydrogen-bond donors (Lipinski definition) is 0. The molecule has 4 rings (SSSR count). The van der Waals surface area contributed by atoms with Crippen LogP contribution in [0, 0.1) is 0 Å². The SMILES string of the molecule is [Br-].[Br-].c1ccc2c[n+](CCOCCOCCOCC[n+]3ccc4ccccc4c3)ccc2c1. The van der Waals surface area contributed by atoms with Crippen LogP contribution in [0.4, 0.5) is 0 Å². The van der Waals surface area contributed by atoms with Gasteiger partial charge in [0.2, 0.25) is 0 Å². The molecule has 2 aromatic heterocycles. The Morgan fingerprint density at radius 2 is 0.818 bits per heavy atom. The van der Waals surface area contributed by atoms with Crippen LogP contribution >= 0.6 is 0 Å². The van der Waals surface area contributed by atoms with E-state index in [2.05, 4.69) is 94.6 Å². The molecule has 4 aromatic rings. The van der Waals surface area contributed by atoms with Crippen LogP contribution in [0.1, 0.15) is 0 Å². The Bertz CT molecular complexity index is 1020. The maximum Gasteiger partial charge on any atom is 0.176 e. The molecule has 0 aliphatic heterocycles. The van der Waals surface area contributed by atoms with E-state index in [-0.39, 0.29) is 34.0 Å². The molecule has 0 unspecified atom stereocenters. The first-order chi connectivity index (χ1) is 15.4. The average Bonchev–Trinajstić information content (AvgIpc) is 2.82. The molecule has 0 aliphatic rings. The molecule has 0 radical (unpaired) electrons. The Kier molecular flexibility index (Phi) is 12.5. The van der Waals surface area contributed by atoms with Crippen molar-refractivity contribution in [1.82, 2.24) is 0 Å². The van der Waals surface area contributed by atoms with E-state index in [9.17, 15) is 0 Å². The molecule has 0 spiro atoms. The predicted molar refractivity (Wildman–Crippen MR) is 121 cm³/mol. The molecule has 0 atom stereocenters. The third-order valence-corrected chi connectivity index (χ3v) is 5.22. The maximum absolute atomic E-state index is 5.68.